The summed E-state index contributed by atoms with van der Waals surface area (Å²) in [5.74, 6) is -0.439. The zero-order valence-electron chi connectivity index (χ0n) is 20.0. The molecule has 1 fully saturated rings. The average Bonchev–Trinajstić information content (AvgIpc) is 3.36. The van der Waals surface area contributed by atoms with Gasteiger partial charge in [0.05, 0.1) is 22.8 Å². The van der Waals surface area contributed by atoms with Crippen molar-refractivity contribution in [2.24, 2.45) is 10.9 Å². The predicted molar refractivity (Wildman–Crippen MR) is 135 cm³/mol. The zero-order chi connectivity index (χ0) is 27.2. The molecule has 2 aromatic heterocycles. The average molecular weight is 559 g/mol. The number of pyridine rings is 1. The number of amidine groups is 1. The highest BCUT2D eigenvalue weighted by Gasteiger charge is 2.34. The van der Waals surface area contributed by atoms with Gasteiger partial charge in [-0.2, -0.15) is 13.2 Å². The maximum atomic E-state index is 13.0. The Morgan fingerprint density at radius 1 is 1.30 bits per heavy atom. The lowest BCUT2D eigenvalue weighted by Gasteiger charge is -2.32. The van der Waals surface area contributed by atoms with Crippen LogP contribution in [0.2, 0.25) is 5.02 Å². The lowest BCUT2D eigenvalue weighted by molar-refractivity contribution is -0.137. The second-order valence-corrected chi connectivity index (χ2v) is 9.79. The van der Waals surface area contributed by atoms with Crippen molar-refractivity contribution in [3.63, 3.8) is 0 Å². The molecule has 2 aromatic rings. The maximum Gasteiger partial charge on any atom is 0.418 e. The topological polar surface area (TPSA) is 120 Å². The molecule has 2 amide bonds. The van der Waals surface area contributed by atoms with E-state index >= 15 is 0 Å². The van der Waals surface area contributed by atoms with Crippen LogP contribution in [0, 0.1) is 5.92 Å². The van der Waals surface area contributed by atoms with Gasteiger partial charge in [0.25, 0.3) is 5.91 Å². The van der Waals surface area contributed by atoms with Crippen LogP contribution >= 0.6 is 22.9 Å². The first-order chi connectivity index (χ1) is 17.5. The number of carbonyl (C=O) groups is 2. The molecule has 3 rings (SSSR count). The lowest BCUT2D eigenvalue weighted by Crippen LogP contribution is -2.38. The van der Waals surface area contributed by atoms with Crippen molar-refractivity contribution < 1.29 is 27.9 Å². The second kappa shape index (κ2) is 12.5. The molecule has 3 heterocycles. The number of alkyl halides is 3. The summed E-state index contributed by atoms with van der Waals surface area (Å²) in [6.45, 7) is 3.34. The van der Waals surface area contributed by atoms with E-state index in [1.807, 2.05) is 0 Å². The summed E-state index contributed by atoms with van der Waals surface area (Å²) in [5, 5.41) is 14.2. The van der Waals surface area contributed by atoms with Crippen LogP contribution in [0.4, 0.5) is 19.0 Å². The summed E-state index contributed by atoms with van der Waals surface area (Å²) in [4.78, 5) is 39.2. The standard InChI is InChI=1S/C23H26ClF3N6O3S/c1-13(31-20(35)4-3-19(28-2)33-7-5-14(12-34)6-8-33)22-30-11-17(37-22)21(36)32-18-9-15(23(25,26)27)16(24)10-29-18/h3-4,9-11,13-14,34H,5-8,12H2,1-2H3,(H,31,35)(H,29,32,36)/b4-3+,28-19?. The van der Waals surface area contributed by atoms with Crippen LogP contribution in [-0.2, 0) is 11.0 Å². The number of rotatable bonds is 7. The number of halogens is 4. The molecule has 0 bridgehead atoms. The molecule has 0 radical (unpaired) electrons. The summed E-state index contributed by atoms with van der Waals surface area (Å²) in [6.07, 6.45) is 2.08. The van der Waals surface area contributed by atoms with E-state index in [-0.39, 0.29) is 29.1 Å². The minimum atomic E-state index is -4.69. The van der Waals surface area contributed by atoms with E-state index in [2.05, 4.69) is 30.5 Å². The van der Waals surface area contributed by atoms with Crippen molar-refractivity contribution in [2.45, 2.75) is 32.0 Å². The van der Waals surface area contributed by atoms with Gasteiger partial charge in [0.1, 0.15) is 21.5 Å². The minimum Gasteiger partial charge on any atom is -0.396 e. The number of nitrogens with one attached hydrogen (secondary N) is 2. The first-order valence-electron chi connectivity index (χ1n) is 11.3. The van der Waals surface area contributed by atoms with Crippen molar-refractivity contribution in [1.82, 2.24) is 20.2 Å². The quantitative estimate of drug-likeness (QED) is 0.269. The maximum absolute atomic E-state index is 13.0. The van der Waals surface area contributed by atoms with Gasteiger partial charge in [-0.3, -0.25) is 14.6 Å². The fourth-order valence-electron chi connectivity index (χ4n) is 3.63. The van der Waals surface area contributed by atoms with Crippen LogP contribution < -0.4 is 10.6 Å². The molecule has 37 heavy (non-hydrogen) atoms. The van der Waals surface area contributed by atoms with Gasteiger partial charge >= 0.3 is 6.18 Å². The molecule has 0 aromatic carbocycles. The van der Waals surface area contributed by atoms with Crippen LogP contribution in [0.25, 0.3) is 0 Å². The van der Waals surface area contributed by atoms with E-state index in [0.29, 0.717) is 16.9 Å². The Morgan fingerprint density at radius 2 is 2.00 bits per heavy atom. The van der Waals surface area contributed by atoms with E-state index in [9.17, 15) is 27.9 Å². The Bertz CT molecular complexity index is 1180. The molecule has 1 saturated heterocycles. The lowest BCUT2D eigenvalue weighted by atomic mass is 9.98. The third-order valence-electron chi connectivity index (χ3n) is 5.69. The number of thiazole rings is 1. The van der Waals surface area contributed by atoms with Gasteiger partial charge in [0.15, 0.2) is 0 Å². The van der Waals surface area contributed by atoms with Gasteiger partial charge in [-0.25, -0.2) is 9.97 Å². The molecule has 1 unspecified atom stereocenters. The number of piperidine rings is 1. The Morgan fingerprint density at radius 3 is 2.62 bits per heavy atom. The Labute approximate surface area is 220 Å². The van der Waals surface area contributed by atoms with Crippen molar-refractivity contribution in [1.29, 1.82) is 0 Å². The molecule has 1 aliphatic heterocycles. The molecule has 0 spiro atoms. The summed E-state index contributed by atoms with van der Waals surface area (Å²) in [5.41, 5.74) is -1.11. The molecule has 1 atom stereocenters. The van der Waals surface area contributed by atoms with Gasteiger partial charge in [0, 0.05) is 39.0 Å². The molecular formula is C23H26ClF3N6O3S. The van der Waals surface area contributed by atoms with E-state index in [1.165, 1.54) is 12.3 Å². The Kier molecular flexibility index (Phi) is 9.62. The monoisotopic (exact) mass is 558 g/mol. The number of nitrogens with zero attached hydrogens (tertiary/aromatic N) is 4. The van der Waals surface area contributed by atoms with Crippen LogP contribution in [-0.4, -0.2) is 64.4 Å². The number of aliphatic hydroxyl groups is 1. The first-order valence-corrected chi connectivity index (χ1v) is 12.5. The van der Waals surface area contributed by atoms with Crippen molar-refractivity contribution in [2.75, 3.05) is 32.1 Å². The Hall–Kier alpha value is -3.03. The molecule has 1 aliphatic rings. The highest BCUT2D eigenvalue weighted by atomic mass is 35.5. The highest BCUT2D eigenvalue weighted by Crippen LogP contribution is 2.35. The molecule has 3 N–H and O–H groups in total. The summed E-state index contributed by atoms with van der Waals surface area (Å²) in [6, 6.07) is 0.122. The molecule has 200 valence electrons. The van der Waals surface area contributed by atoms with Crippen molar-refractivity contribution in [3.05, 3.63) is 51.1 Å². The van der Waals surface area contributed by atoms with Crippen molar-refractivity contribution in [3.8, 4) is 0 Å². The van der Waals surface area contributed by atoms with E-state index in [4.69, 9.17) is 11.6 Å². The van der Waals surface area contributed by atoms with Gasteiger partial charge in [-0.15, -0.1) is 11.3 Å². The predicted octanol–water partition coefficient (Wildman–Crippen LogP) is 3.93. The molecule has 14 heteroatoms. The van der Waals surface area contributed by atoms with E-state index in [0.717, 1.165) is 43.5 Å². The summed E-state index contributed by atoms with van der Waals surface area (Å²) >= 11 is 6.54. The number of amides is 2. The number of anilines is 1. The minimum absolute atomic E-state index is 0.128. The van der Waals surface area contributed by atoms with Crippen LogP contribution in [0.1, 0.15) is 46.0 Å². The zero-order valence-corrected chi connectivity index (χ0v) is 21.6. The fraction of sp³-hybridized carbons (Fsp3) is 0.435. The number of likely N-dealkylation sites (tertiary alicyclic amines) is 1. The first kappa shape index (κ1) is 28.5. The van der Waals surface area contributed by atoms with Gasteiger partial charge in [-0.1, -0.05) is 11.6 Å². The third kappa shape index (κ3) is 7.73. The number of aliphatic imine (C=N–C) groups is 1. The van der Waals surface area contributed by atoms with Crippen LogP contribution in [0.5, 0.6) is 0 Å². The number of hydrogen-bond donors (Lipinski definition) is 3. The second-order valence-electron chi connectivity index (χ2n) is 8.32. The number of carbonyl (C=O) groups excluding carboxylic acids is 2. The molecule has 0 aliphatic carbocycles. The van der Waals surface area contributed by atoms with E-state index < -0.39 is 28.7 Å². The third-order valence-corrected chi connectivity index (χ3v) is 7.17. The smallest absolute Gasteiger partial charge is 0.396 e. The normalized spacial score (nSPS) is 16.2. The van der Waals surface area contributed by atoms with Gasteiger partial charge in [-0.05, 0) is 37.8 Å². The number of aromatic nitrogens is 2. The van der Waals surface area contributed by atoms with Crippen LogP contribution in [0.15, 0.2) is 35.6 Å². The molecular weight excluding hydrogens is 533 g/mol. The van der Waals surface area contributed by atoms with Gasteiger partial charge in [0.2, 0.25) is 5.91 Å². The summed E-state index contributed by atoms with van der Waals surface area (Å²) in [7, 11) is 1.64. The number of aliphatic hydroxyl groups excluding tert-OH is 1. The largest absolute Gasteiger partial charge is 0.418 e. The highest BCUT2D eigenvalue weighted by molar-refractivity contribution is 7.13. The fourth-order valence-corrected chi connectivity index (χ4v) is 4.66. The van der Waals surface area contributed by atoms with E-state index in [1.54, 1.807) is 20.0 Å². The molecule has 0 saturated carbocycles. The van der Waals surface area contributed by atoms with Crippen LogP contribution in [0.3, 0.4) is 0 Å². The Balaban J connectivity index is 1.57. The SMILES string of the molecule is CN=C(/C=C/C(=O)NC(C)c1ncc(C(=O)Nc2cc(C(F)(F)F)c(Cl)cn2)s1)N1CCC(CO)CC1. The van der Waals surface area contributed by atoms with Gasteiger partial charge < -0.3 is 20.6 Å². The molecule has 9 nitrogen and oxygen atoms in total. The number of hydrogen-bond acceptors (Lipinski definition) is 7. The summed E-state index contributed by atoms with van der Waals surface area (Å²) < 4.78 is 39.1. The van der Waals surface area contributed by atoms with Crippen molar-refractivity contribution >= 4 is 46.4 Å².